The lowest BCUT2D eigenvalue weighted by Gasteiger charge is -2.09. The number of phenolic OH excluding ortho intramolecular Hbond substituents is 1. The number of nitrogens with two attached hydrogens (primary N) is 1. The maximum absolute atomic E-state index is 12.1. The van der Waals surface area contributed by atoms with Crippen molar-refractivity contribution in [3.05, 3.63) is 51.6 Å². The van der Waals surface area contributed by atoms with E-state index in [0.29, 0.717) is 33.7 Å². The minimum atomic E-state index is -0.294. The molecule has 0 fully saturated rings. The fourth-order valence-electron chi connectivity index (χ4n) is 1.70. The molecule has 1 amide bonds. The molecule has 0 bridgehead atoms. The van der Waals surface area contributed by atoms with Crippen LogP contribution in [0.25, 0.3) is 0 Å². The number of aromatic hydroxyl groups is 1. The number of ether oxygens (including phenoxy) is 1. The molecule has 6 heteroatoms. The van der Waals surface area contributed by atoms with Gasteiger partial charge in [0.25, 0.3) is 5.91 Å². The molecule has 2 aromatic rings. The highest BCUT2D eigenvalue weighted by molar-refractivity contribution is 14.1. The van der Waals surface area contributed by atoms with Crippen LogP contribution in [-0.4, -0.2) is 24.2 Å². The van der Waals surface area contributed by atoms with Gasteiger partial charge in [-0.3, -0.25) is 4.79 Å². The summed E-state index contributed by atoms with van der Waals surface area (Å²) in [6.07, 6.45) is 0. The quantitative estimate of drug-likeness (QED) is 0.677. The van der Waals surface area contributed by atoms with Crippen molar-refractivity contribution in [2.75, 3.05) is 18.5 Å². The Kier molecular flexibility index (Phi) is 5.40. The molecule has 0 radical (unpaired) electrons. The Morgan fingerprint density at radius 1 is 1.29 bits per heavy atom. The number of halogens is 1. The van der Waals surface area contributed by atoms with Gasteiger partial charge in [0.15, 0.2) is 0 Å². The Balaban J connectivity index is 2.10. The zero-order valence-corrected chi connectivity index (χ0v) is 13.3. The molecule has 4 N–H and O–H groups in total. The second kappa shape index (κ2) is 7.28. The van der Waals surface area contributed by atoms with Crippen molar-refractivity contribution >= 4 is 34.2 Å². The summed E-state index contributed by atoms with van der Waals surface area (Å²) in [6, 6.07) is 11.8. The zero-order valence-electron chi connectivity index (χ0n) is 11.2. The molecule has 0 aliphatic rings. The lowest BCUT2D eigenvalue weighted by molar-refractivity contribution is 0.102. The fourth-order valence-corrected chi connectivity index (χ4v) is 2.03. The minimum absolute atomic E-state index is 0.0864. The Labute approximate surface area is 136 Å². The Morgan fingerprint density at radius 3 is 2.81 bits per heavy atom. The molecule has 2 aromatic carbocycles. The average Bonchev–Trinajstić information content (AvgIpc) is 2.48. The highest BCUT2D eigenvalue weighted by Crippen LogP contribution is 2.22. The number of carbonyl (C=O) groups excluding carboxylic acids is 1. The van der Waals surface area contributed by atoms with Crippen LogP contribution in [-0.2, 0) is 0 Å². The van der Waals surface area contributed by atoms with Gasteiger partial charge in [-0.1, -0.05) is 6.07 Å². The van der Waals surface area contributed by atoms with Crippen molar-refractivity contribution in [1.82, 2.24) is 0 Å². The van der Waals surface area contributed by atoms with E-state index < -0.39 is 0 Å². The van der Waals surface area contributed by atoms with Crippen LogP contribution in [0.5, 0.6) is 11.5 Å². The van der Waals surface area contributed by atoms with Gasteiger partial charge in [-0.2, -0.15) is 0 Å². The number of carbonyl (C=O) groups is 1. The number of hydrogen-bond acceptors (Lipinski definition) is 4. The van der Waals surface area contributed by atoms with Gasteiger partial charge in [0.05, 0.1) is 3.57 Å². The van der Waals surface area contributed by atoms with Gasteiger partial charge < -0.3 is 20.9 Å². The van der Waals surface area contributed by atoms with Gasteiger partial charge in [-0.25, -0.2) is 0 Å². The summed E-state index contributed by atoms with van der Waals surface area (Å²) in [7, 11) is 0. The van der Waals surface area contributed by atoms with Gasteiger partial charge in [0.2, 0.25) is 0 Å². The third-order valence-corrected chi connectivity index (χ3v) is 3.60. The second-order valence-corrected chi connectivity index (χ2v) is 5.45. The molecule has 0 aromatic heterocycles. The monoisotopic (exact) mass is 398 g/mol. The molecule has 0 aliphatic carbocycles. The largest absolute Gasteiger partial charge is 0.507 e. The first-order valence-electron chi connectivity index (χ1n) is 6.33. The van der Waals surface area contributed by atoms with Gasteiger partial charge in [0, 0.05) is 23.9 Å². The summed E-state index contributed by atoms with van der Waals surface area (Å²) in [6.45, 7) is 0.848. The standard InChI is InChI=1S/C15H15IN2O3/c16-13-5-4-10(8-14(13)19)15(20)18-11-2-1-3-12(9-11)21-7-6-17/h1-5,8-9,19H,6-7,17H2,(H,18,20). The normalized spacial score (nSPS) is 10.2. The summed E-state index contributed by atoms with van der Waals surface area (Å²) < 4.78 is 6.10. The van der Waals surface area contributed by atoms with Crippen LogP contribution in [0.1, 0.15) is 10.4 Å². The smallest absolute Gasteiger partial charge is 0.255 e. The van der Waals surface area contributed by atoms with Crippen molar-refractivity contribution in [3.8, 4) is 11.5 Å². The first kappa shape index (κ1) is 15.6. The van der Waals surface area contributed by atoms with Crippen LogP contribution in [0.15, 0.2) is 42.5 Å². The van der Waals surface area contributed by atoms with E-state index in [0.717, 1.165) is 0 Å². The number of nitrogens with one attached hydrogen (secondary N) is 1. The predicted molar refractivity (Wildman–Crippen MR) is 89.8 cm³/mol. The first-order valence-corrected chi connectivity index (χ1v) is 7.41. The van der Waals surface area contributed by atoms with E-state index in [1.807, 2.05) is 22.6 Å². The van der Waals surface area contributed by atoms with Crippen LogP contribution in [0, 0.1) is 3.57 Å². The molecule has 0 saturated heterocycles. The summed E-state index contributed by atoms with van der Waals surface area (Å²) in [5, 5.41) is 12.4. The summed E-state index contributed by atoms with van der Waals surface area (Å²) in [5.74, 6) is 0.435. The average molecular weight is 398 g/mol. The molecule has 21 heavy (non-hydrogen) atoms. The van der Waals surface area contributed by atoms with Gasteiger partial charge in [-0.15, -0.1) is 0 Å². The maximum atomic E-state index is 12.1. The maximum Gasteiger partial charge on any atom is 0.255 e. The molecule has 0 heterocycles. The fraction of sp³-hybridized carbons (Fsp3) is 0.133. The summed E-state index contributed by atoms with van der Waals surface area (Å²) in [5.41, 5.74) is 6.39. The van der Waals surface area contributed by atoms with Gasteiger partial charge in [-0.05, 0) is 52.9 Å². The van der Waals surface area contributed by atoms with Crippen LogP contribution in [0.2, 0.25) is 0 Å². The second-order valence-electron chi connectivity index (χ2n) is 4.29. The van der Waals surface area contributed by atoms with Gasteiger partial charge in [0.1, 0.15) is 18.1 Å². The predicted octanol–water partition coefficient (Wildman–Crippen LogP) is 2.59. The summed E-state index contributed by atoms with van der Waals surface area (Å²) >= 11 is 2.00. The molecule has 0 saturated carbocycles. The molecular weight excluding hydrogens is 383 g/mol. The van der Waals surface area contributed by atoms with Crippen LogP contribution in [0.3, 0.4) is 0 Å². The van der Waals surface area contributed by atoms with Crippen LogP contribution >= 0.6 is 22.6 Å². The third kappa shape index (κ3) is 4.33. The molecular formula is C15H15IN2O3. The van der Waals surface area contributed by atoms with Crippen molar-refractivity contribution in [3.63, 3.8) is 0 Å². The van der Waals surface area contributed by atoms with Crippen molar-refractivity contribution in [1.29, 1.82) is 0 Å². The van der Waals surface area contributed by atoms with E-state index >= 15 is 0 Å². The Morgan fingerprint density at radius 2 is 2.10 bits per heavy atom. The summed E-state index contributed by atoms with van der Waals surface area (Å²) in [4.78, 5) is 12.1. The number of anilines is 1. The van der Waals surface area contributed by atoms with E-state index in [-0.39, 0.29) is 11.7 Å². The molecule has 0 atom stereocenters. The van der Waals surface area contributed by atoms with E-state index in [1.54, 1.807) is 36.4 Å². The molecule has 5 nitrogen and oxygen atoms in total. The molecule has 2 rings (SSSR count). The van der Waals surface area contributed by atoms with Crippen molar-refractivity contribution < 1.29 is 14.6 Å². The molecule has 0 unspecified atom stereocenters. The Bertz CT molecular complexity index is 647. The first-order chi connectivity index (χ1) is 10.1. The lowest BCUT2D eigenvalue weighted by atomic mass is 10.2. The SMILES string of the molecule is NCCOc1cccc(NC(=O)c2ccc(I)c(O)c2)c1. The topological polar surface area (TPSA) is 84.6 Å². The molecule has 0 spiro atoms. The lowest BCUT2D eigenvalue weighted by Crippen LogP contribution is -2.13. The van der Waals surface area contributed by atoms with E-state index in [4.69, 9.17) is 10.5 Å². The highest BCUT2D eigenvalue weighted by Gasteiger charge is 2.09. The van der Waals surface area contributed by atoms with E-state index in [9.17, 15) is 9.90 Å². The highest BCUT2D eigenvalue weighted by atomic mass is 127. The number of phenols is 1. The number of amides is 1. The Hall–Kier alpha value is -1.80. The number of rotatable bonds is 5. The van der Waals surface area contributed by atoms with Crippen LogP contribution in [0.4, 0.5) is 5.69 Å². The van der Waals surface area contributed by atoms with Gasteiger partial charge >= 0.3 is 0 Å². The van der Waals surface area contributed by atoms with Crippen molar-refractivity contribution in [2.24, 2.45) is 5.73 Å². The third-order valence-electron chi connectivity index (χ3n) is 2.69. The van der Waals surface area contributed by atoms with E-state index in [1.165, 1.54) is 6.07 Å². The molecule has 110 valence electrons. The number of benzene rings is 2. The minimum Gasteiger partial charge on any atom is -0.507 e. The number of hydrogen-bond donors (Lipinski definition) is 3. The van der Waals surface area contributed by atoms with E-state index in [2.05, 4.69) is 5.32 Å². The zero-order chi connectivity index (χ0) is 15.2. The molecule has 0 aliphatic heterocycles. The van der Waals surface area contributed by atoms with Crippen LogP contribution < -0.4 is 15.8 Å². The van der Waals surface area contributed by atoms with Crippen molar-refractivity contribution in [2.45, 2.75) is 0 Å².